The predicted molar refractivity (Wildman–Crippen MR) is 90.9 cm³/mol. The zero-order valence-electron chi connectivity index (χ0n) is 14.1. The minimum absolute atomic E-state index is 0.120. The first kappa shape index (κ1) is 15.8. The van der Waals surface area contributed by atoms with Gasteiger partial charge >= 0.3 is 0 Å². The molecular weight excluding hydrogens is 320 g/mol. The van der Waals surface area contributed by atoms with Crippen LogP contribution in [0.1, 0.15) is 29.9 Å². The van der Waals surface area contributed by atoms with E-state index in [1.165, 1.54) is 10.9 Å². The van der Waals surface area contributed by atoms with E-state index in [1.807, 2.05) is 29.3 Å². The number of nitrogens with zero attached hydrogens (tertiary/aromatic N) is 3. The Balaban J connectivity index is 1.39. The minimum Gasteiger partial charge on any atom is -0.423 e. The summed E-state index contributed by atoms with van der Waals surface area (Å²) in [7, 11) is 0. The smallest absolute Gasteiger partial charge is 0.246 e. The summed E-state index contributed by atoms with van der Waals surface area (Å²) in [6, 6.07) is 8.13. The zero-order chi connectivity index (χ0) is 17.2. The normalized spacial score (nSPS) is 18.0. The third kappa shape index (κ3) is 3.28. The van der Waals surface area contributed by atoms with Crippen LogP contribution in [0.4, 0.5) is 0 Å². The number of carbonyl (C=O) groups excluding carboxylic acids is 1. The number of morpholine rings is 1. The Hall–Kier alpha value is -2.67. The number of nitrogens with one attached hydrogen (secondary N) is 1. The lowest BCUT2D eigenvalue weighted by Crippen LogP contribution is -2.42. The van der Waals surface area contributed by atoms with Crippen molar-refractivity contribution in [1.29, 1.82) is 0 Å². The number of aryl methyl sites for hydroxylation is 2. The Kier molecular flexibility index (Phi) is 4.23. The average molecular weight is 340 g/mol. The molecule has 0 spiro atoms. The molecule has 1 amide bonds. The quantitative estimate of drug-likeness (QED) is 0.788. The molecule has 7 heteroatoms. The third-order valence-corrected chi connectivity index (χ3v) is 4.52. The van der Waals surface area contributed by atoms with Crippen molar-refractivity contribution in [2.75, 3.05) is 19.7 Å². The van der Waals surface area contributed by atoms with Gasteiger partial charge in [0.15, 0.2) is 6.10 Å². The van der Waals surface area contributed by atoms with Gasteiger partial charge in [-0.15, -0.1) is 10.2 Å². The molecule has 0 saturated carbocycles. The van der Waals surface area contributed by atoms with E-state index >= 15 is 0 Å². The second-order valence-electron chi connectivity index (χ2n) is 6.22. The highest BCUT2D eigenvalue weighted by atomic mass is 16.5. The molecule has 3 heterocycles. The molecule has 7 nitrogen and oxygen atoms in total. The van der Waals surface area contributed by atoms with Crippen LogP contribution in [0.25, 0.3) is 10.9 Å². The van der Waals surface area contributed by atoms with E-state index in [0.29, 0.717) is 44.3 Å². The molecule has 3 aromatic rings. The number of H-pyrrole nitrogens is 1. The second kappa shape index (κ2) is 6.68. The highest BCUT2D eigenvalue weighted by Crippen LogP contribution is 2.23. The van der Waals surface area contributed by atoms with Crippen LogP contribution in [0.3, 0.4) is 0 Å². The number of rotatable bonds is 4. The van der Waals surface area contributed by atoms with Crippen LogP contribution in [-0.2, 0) is 16.0 Å². The van der Waals surface area contributed by atoms with Gasteiger partial charge in [-0.3, -0.25) is 4.79 Å². The van der Waals surface area contributed by atoms with Crippen molar-refractivity contribution in [1.82, 2.24) is 20.1 Å². The molecule has 0 unspecified atom stereocenters. The number of fused-ring (bicyclic) bond motifs is 1. The summed E-state index contributed by atoms with van der Waals surface area (Å²) in [6.45, 7) is 3.26. The Bertz CT molecular complexity index is 885. The lowest BCUT2D eigenvalue weighted by Gasteiger charge is -2.31. The van der Waals surface area contributed by atoms with Gasteiger partial charge in [-0.1, -0.05) is 18.2 Å². The van der Waals surface area contributed by atoms with E-state index in [4.69, 9.17) is 9.15 Å². The monoisotopic (exact) mass is 340 g/mol. The first-order valence-corrected chi connectivity index (χ1v) is 8.45. The fraction of sp³-hybridized carbons (Fsp3) is 0.389. The molecule has 2 aromatic heterocycles. The summed E-state index contributed by atoms with van der Waals surface area (Å²) in [5.41, 5.74) is 2.27. The molecule has 1 N–H and O–H groups in total. The summed E-state index contributed by atoms with van der Waals surface area (Å²) >= 11 is 0. The van der Waals surface area contributed by atoms with Crippen molar-refractivity contribution in [2.45, 2.75) is 25.9 Å². The molecule has 1 aromatic carbocycles. The van der Waals surface area contributed by atoms with Crippen LogP contribution in [0, 0.1) is 6.92 Å². The molecule has 0 radical (unpaired) electrons. The van der Waals surface area contributed by atoms with E-state index in [-0.39, 0.29) is 12.0 Å². The van der Waals surface area contributed by atoms with Crippen LogP contribution in [0.5, 0.6) is 0 Å². The van der Waals surface area contributed by atoms with Crippen LogP contribution in [-0.4, -0.2) is 45.7 Å². The molecule has 1 fully saturated rings. The molecule has 130 valence electrons. The van der Waals surface area contributed by atoms with Crippen molar-refractivity contribution in [3.05, 3.63) is 47.8 Å². The Morgan fingerprint density at radius 3 is 3.08 bits per heavy atom. The Morgan fingerprint density at radius 1 is 1.36 bits per heavy atom. The molecule has 0 aliphatic carbocycles. The first-order chi connectivity index (χ1) is 12.2. The maximum absolute atomic E-state index is 12.6. The number of aromatic amines is 1. The summed E-state index contributed by atoms with van der Waals surface area (Å²) in [5.74, 6) is 1.06. The summed E-state index contributed by atoms with van der Waals surface area (Å²) in [6.07, 6.45) is 2.83. The molecule has 25 heavy (non-hydrogen) atoms. The topological polar surface area (TPSA) is 84.2 Å². The number of carbonyl (C=O) groups is 1. The maximum Gasteiger partial charge on any atom is 0.246 e. The average Bonchev–Trinajstić information content (AvgIpc) is 3.26. The maximum atomic E-state index is 12.6. The molecule has 1 saturated heterocycles. The number of benzene rings is 1. The Labute approximate surface area is 145 Å². The first-order valence-electron chi connectivity index (χ1n) is 8.45. The van der Waals surface area contributed by atoms with Gasteiger partial charge in [0.1, 0.15) is 0 Å². The highest BCUT2D eigenvalue weighted by Gasteiger charge is 2.28. The van der Waals surface area contributed by atoms with Crippen molar-refractivity contribution in [2.24, 2.45) is 0 Å². The summed E-state index contributed by atoms with van der Waals surface area (Å²) < 4.78 is 11.1. The molecule has 0 bridgehead atoms. The van der Waals surface area contributed by atoms with E-state index in [2.05, 4.69) is 21.2 Å². The van der Waals surface area contributed by atoms with Crippen LogP contribution >= 0.6 is 0 Å². The van der Waals surface area contributed by atoms with Gasteiger partial charge < -0.3 is 19.0 Å². The number of hydrogen-bond acceptors (Lipinski definition) is 5. The van der Waals surface area contributed by atoms with Gasteiger partial charge in [0, 0.05) is 37.0 Å². The SMILES string of the molecule is Cc1nnc([C@@H]2CN(C(=O)CCc3c[nH]c4ccccc34)CCO2)o1. The van der Waals surface area contributed by atoms with Gasteiger partial charge in [0.05, 0.1) is 13.2 Å². The largest absolute Gasteiger partial charge is 0.423 e. The van der Waals surface area contributed by atoms with Crippen molar-refractivity contribution in [3.63, 3.8) is 0 Å². The van der Waals surface area contributed by atoms with Crippen molar-refractivity contribution in [3.8, 4) is 0 Å². The van der Waals surface area contributed by atoms with Crippen LogP contribution < -0.4 is 0 Å². The van der Waals surface area contributed by atoms with E-state index in [0.717, 1.165) is 5.52 Å². The molecule has 4 rings (SSSR count). The van der Waals surface area contributed by atoms with Gasteiger partial charge in [-0.05, 0) is 18.1 Å². The number of amides is 1. The van der Waals surface area contributed by atoms with Gasteiger partial charge in [0.25, 0.3) is 0 Å². The van der Waals surface area contributed by atoms with Gasteiger partial charge in [-0.2, -0.15) is 0 Å². The zero-order valence-corrected chi connectivity index (χ0v) is 14.1. The van der Waals surface area contributed by atoms with Crippen LogP contribution in [0.15, 0.2) is 34.9 Å². The van der Waals surface area contributed by atoms with Gasteiger partial charge in [-0.25, -0.2) is 0 Å². The Morgan fingerprint density at radius 2 is 2.24 bits per heavy atom. The van der Waals surface area contributed by atoms with E-state index in [1.54, 1.807) is 6.92 Å². The summed E-state index contributed by atoms with van der Waals surface area (Å²) in [5, 5.41) is 9.00. The molecular formula is C18H20N4O3. The standard InChI is InChI=1S/C18H20N4O3/c1-12-20-21-18(25-12)16-11-22(8-9-24-16)17(23)7-6-13-10-19-15-5-3-2-4-14(13)15/h2-5,10,16,19H,6-9,11H2,1H3/t16-/m0/s1. The lowest BCUT2D eigenvalue weighted by atomic mass is 10.1. The molecule has 1 atom stereocenters. The number of hydrogen-bond donors (Lipinski definition) is 1. The van der Waals surface area contributed by atoms with E-state index < -0.39 is 0 Å². The van der Waals surface area contributed by atoms with Crippen molar-refractivity contribution < 1.29 is 13.9 Å². The predicted octanol–water partition coefficient (Wildman–Crippen LogP) is 2.39. The third-order valence-electron chi connectivity index (χ3n) is 4.52. The molecule has 1 aliphatic rings. The number of ether oxygens (including phenoxy) is 1. The lowest BCUT2D eigenvalue weighted by molar-refractivity contribution is -0.139. The second-order valence-corrected chi connectivity index (χ2v) is 6.22. The minimum atomic E-state index is -0.341. The fourth-order valence-electron chi connectivity index (χ4n) is 3.21. The highest BCUT2D eigenvalue weighted by molar-refractivity contribution is 5.84. The molecule has 1 aliphatic heterocycles. The van der Waals surface area contributed by atoms with Crippen LogP contribution in [0.2, 0.25) is 0 Å². The number of para-hydroxylation sites is 1. The van der Waals surface area contributed by atoms with Crippen molar-refractivity contribution >= 4 is 16.8 Å². The van der Waals surface area contributed by atoms with Gasteiger partial charge in [0.2, 0.25) is 17.7 Å². The fourth-order valence-corrected chi connectivity index (χ4v) is 3.21. The summed E-state index contributed by atoms with van der Waals surface area (Å²) in [4.78, 5) is 17.7. The number of aromatic nitrogens is 3. The van der Waals surface area contributed by atoms with E-state index in [9.17, 15) is 4.79 Å².